The smallest absolute Gasteiger partial charge is 0.309 e. The molecule has 1 aromatic rings. The number of likely N-dealkylation sites (tertiary alicyclic amines) is 1. The lowest BCUT2D eigenvalue weighted by Crippen LogP contribution is -3.11. The highest BCUT2D eigenvalue weighted by atomic mass is 16.5. The van der Waals surface area contributed by atoms with Crippen molar-refractivity contribution in [3.8, 4) is 0 Å². The van der Waals surface area contributed by atoms with Crippen LogP contribution in [0.4, 0.5) is 0 Å². The number of quaternary nitrogens is 1. The molecule has 104 valence electrons. The molecule has 0 saturated carbocycles. The molecule has 1 aliphatic rings. The van der Waals surface area contributed by atoms with Crippen molar-refractivity contribution in [3.63, 3.8) is 0 Å². The Morgan fingerprint density at radius 3 is 2.74 bits per heavy atom. The van der Waals surface area contributed by atoms with Crippen LogP contribution in [0.3, 0.4) is 0 Å². The molecule has 3 heteroatoms. The minimum atomic E-state index is -0.00268. The van der Waals surface area contributed by atoms with Crippen molar-refractivity contribution >= 4 is 5.97 Å². The van der Waals surface area contributed by atoms with E-state index in [0.717, 1.165) is 32.5 Å². The van der Waals surface area contributed by atoms with E-state index < -0.39 is 0 Å². The standard InChI is InChI=1S/C16H23NO2/c1-3-19-16(18)15-7-9-17(10-8-15)12-14-6-4-5-13(2)11-14/h4-6,11,15H,3,7-10,12H2,1-2H3/p+1. The Bertz CT molecular complexity index is 423. The summed E-state index contributed by atoms with van der Waals surface area (Å²) < 4.78 is 5.10. The number of ether oxygens (including phenoxy) is 1. The second-order valence-corrected chi connectivity index (χ2v) is 5.44. The van der Waals surface area contributed by atoms with Crippen LogP contribution in [0, 0.1) is 12.8 Å². The molecule has 0 unspecified atom stereocenters. The highest BCUT2D eigenvalue weighted by Crippen LogP contribution is 2.12. The van der Waals surface area contributed by atoms with Crippen molar-refractivity contribution < 1.29 is 14.4 Å². The fourth-order valence-electron chi connectivity index (χ4n) is 2.81. The summed E-state index contributed by atoms with van der Waals surface area (Å²) in [6.45, 7) is 7.70. The maximum atomic E-state index is 11.7. The SMILES string of the molecule is CCOC(=O)C1CC[NH+](Cc2cccc(C)c2)CC1. The summed E-state index contributed by atoms with van der Waals surface area (Å²) >= 11 is 0. The summed E-state index contributed by atoms with van der Waals surface area (Å²) in [4.78, 5) is 13.3. The van der Waals surface area contributed by atoms with Crippen LogP contribution in [-0.2, 0) is 16.1 Å². The van der Waals surface area contributed by atoms with Crippen molar-refractivity contribution in [2.45, 2.75) is 33.2 Å². The normalized spacial score (nSPS) is 23.1. The van der Waals surface area contributed by atoms with Gasteiger partial charge in [0.05, 0.1) is 25.6 Å². The van der Waals surface area contributed by atoms with Gasteiger partial charge in [0.2, 0.25) is 0 Å². The summed E-state index contributed by atoms with van der Waals surface area (Å²) in [5.41, 5.74) is 2.71. The Labute approximate surface area is 115 Å². The van der Waals surface area contributed by atoms with Crippen LogP contribution >= 0.6 is 0 Å². The van der Waals surface area contributed by atoms with Gasteiger partial charge in [-0.2, -0.15) is 0 Å². The van der Waals surface area contributed by atoms with Gasteiger partial charge in [-0.05, 0) is 13.8 Å². The average molecular weight is 262 g/mol. The van der Waals surface area contributed by atoms with Crippen LogP contribution in [0.1, 0.15) is 30.9 Å². The van der Waals surface area contributed by atoms with E-state index >= 15 is 0 Å². The third kappa shape index (κ3) is 4.06. The molecule has 1 N–H and O–H groups in total. The fourth-order valence-corrected chi connectivity index (χ4v) is 2.81. The quantitative estimate of drug-likeness (QED) is 0.831. The number of benzene rings is 1. The molecule has 19 heavy (non-hydrogen) atoms. The lowest BCUT2D eigenvalue weighted by Gasteiger charge is -2.28. The largest absolute Gasteiger partial charge is 0.466 e. The third-order valence-corrected chi connectivity index (χ3v) is 3.85. The molecule has 0 aliphatic carbocycles. The summed E-state index contributed by atoms with van der Waals surface area (Å²) in [7, 11) is 0. The highest BCUT2D eigenvalue weighted by Gasteiger charge is 2.28. The number of carbonyl (C=O) groups is 1. The van der Waals surface area contributed by atoms with E-state index in [1.54, 1.807) is 4.90 Å². The van der Waals surface area contributed by atoms with Gasteiger partial charge in [0.15, 0.2) is 0 Å². The Morgan fingerprint density at radius 1 is 1.37 bits per heavy atom. The lowest BCUT2D eigenvalue weighted by atomic mass is 9.96. The average Bonchev–Trinajstić information content (AvgIpc) is 2.40. The molecule has 3 nitrogen and oxygen atoms in total. The van der Waals surface area contributed by atoms with Gasteiger partial charge in [-0.3, -0.25) is 4.79 Å². The summed E-state index contributed by atoms with van der Waals surface area (Å²) in [5.74, 6) is 0.123. The maximum Gasteiger partial charge on any atom is 0.309 e. The van der Waals surface area contributed by atoms with E-state index in [0.29, 0.717) is 6.61 Å². The van der Waals surface area contributed by atoms with Gasteiger partial charge in [-0.15, -0.1) is 0 Å². The van der Waals surface area contributed by atoms with Gasteiger partial charge >= 0.3 is 5.97 Å². The lowest BCUT2D eigenvalue weighted by molar-refractivity contribution is -0.919. The molecule has 1 heterocycles. The second-order valence-electron chi connectivity index (χ2n) is 5.44. The first-order valence-electron chi connectivity index (χ1n) is 7.24. The van der Waals surface area contributed by atoms with E-state index in [9.17, 15) is 4.79 Å². The van der Waals surface area contributed by atoms with Crippen molar-refractivity contribution in [2.24, 2.45) is 5.92 Å². The zero-order valence-electron chi connectivity index (χ0n) is 11.9. The summed E-state index contributed by atoms with van der Waals surface area (Å²) in [6, 6.07) is 8.70. The van der Waals surface area contributed by atoms with Gasteiger partial charge in [0.1, 0.15) is 6.54 Å². The van der Waals surface area contributed by atoms with E-state index in [2.05, 4.69) is 31.2 Å². The summed E-state index contributed by atoms with van der Waals surface area (Å²) in [5, 5.41) is 0. The number of piperidine rings is 1. The van der Waals surface area contributed by atoms with Crippen LogP contribution in [0.2, 0.25) is 0 Å². The fraction of sp³-hybridized carbons (Fsp3) is 0.562. The van der Waals surface area contributed by atoms with Crippen molar-refractivity contribution in [2.75, 3.05) is 19.7 Å². The third-order valence-electron chi connectivity index (χ3n) is 3.85. The number of nitrogens with one attached hydrogen (secondary N) is 1. The maximum absolute atomic E-state index is 11.7. The first kappa shape index (κ1) is 14.1. The summed E-state index contributed by atoms with van der Waals surface area (Å²) in [6.07, 6.45) is 1.92. The first-order valence-corrected chi connectivity index (χ1v) is 7.24. The molecule has 0 atom stereocenters. The Morgan fingerprint density at radius 2 is 2.11 bits per heavy atom. The van der Waals surface area contributed by atoms with Crippen LogP contribution in [-0.4, -0.2) is 25.7 Å². The number of rotatable bonds is 4. The molecule has 1 saturated heterocycles. The molecule has 1 aliphatic heterocycles. The van der Waals surface area contributed by atoms with Crippen molar-refractivity contribution in [3.05, 3.63) is 35.4 Å². The molecule has 0 amide bonds. The molecule has 0 aromatic heterocycles. The van der Waals surface area contributed by atoms with E-state index in [1.165, 1.54) is 11.1 Å². The predicted octanol–water partition coefficient (Wildman–Crippen LogP) is 1.35. The number of esters is 1. The molecule has 0 bridgehead atoms. The minimum absolute atomic E-state index is 0.00268. The van der Waals surface area contributed by atoms with Crippen LogP contribution in [0.15, 0.2) is 24.3 Å². The molecular formula is C16H24NO2+. The molecule has 0 spiro atoms. The van der Waals surface area contributed by atoms with E-state index in [1.807, 2.05) is 6.92 Å². The van der Waals surface area contributed by atoms with Crippen LogP contribution < -0.4 is 4.90 Å². The molecule has 2 rings (SSSR count). The van der Waals surface area contributed by atoms with E-state index in [-0.39, 0.29) is 11.9 Å². The van der Waals surface area contributed by atoms with Crippen molar-refractivity contribution in [1.29, 1.82) is 0 Å². The van der Waals surface area contributed by atoms with Gasteiger partial charge in [-0.1, -0.05) is 29.8 Å². The topological polar surface area (TPSA) is 30.7 Å². The molecule has 1 aromatic carbocycles. The zero-order valence-corrected chi connectivity index (χ0v) is 11.9. The van der Waals surface area contributed by atoms with Crippen LogP contribution in [0.25, 0.3) is 0 Å². The van der Waals surface area contributed by atoms with E-state index in [4.69, 9.17) is 4.74 Å². The van der Waals surface area contributed by atoms with Gasteiger partial charge in [-0.25, -0.2) is 0 Å². The second kappa shape index (κ2) is 6.71. The van der Waals surface area contributed by atoms with Gasteiger partial charge in [0.25, 0.3) is 0 Å². The first-order chi connectivity index (χ1) is 9.19. The minimum Gasteiger partial charge on any atom is -0.466 e. The number of hydrogen-bond donors (Lipinski definition) is 1. The Kier molecular flexibility index (Phi) is 4.97. The Balaban J connectivity index is 1.82. The van der Waals surface area contributed by atoms with Crippen molar-refractivity contribution in [1.82, 2.24) is 0 Å². The zero-order chi connectivity index (χ0) is 13.7. The monoisotopic (exact) mass is 262 g/mol. The highest BCUT2D eigenvalue weighted by molar-refractivity contribution is 5.72. The molecule has 0 radical (unpaired) electrons. The number of hydrogen-bond acceptors (Lipinski definition) is 2. The Hall–Kier alpha value is -1.35. The van der Waals surface area contributed by atoms with Gasteiger partial charge in [0, 0.05) is 18.4 Å². The molecular weight excluding hydrogens is 238 g/mol. The van der Waals surface area contributed by atoms with Gasteiger partial charge < -0.3 is 9.64 Å². The predicted molar refractivity (Wildman–Crippen MR) is 74.9 cm³/mol. The number of carbonyl (C=O) groups excluding carboxylic acids is 1. The number of aryl methyl sites for hydroxylation is 1. The van der Waals surface area contributed by atoms with Crippen LogP contribution in [0.5, 0.6) is 0 Å². The molecule has 1 fully saturated rings.